The van der Waals surface area contributed by atoms with Crippen LogP contribution in [-0.4, -0.2) is 0 Å². The maximum atomic E-state index is 8.72. The molecule has 0 fully saturated rings. The number of nitrogens with zero attached hydrogens (tertiary/aromatic N) is 1. The van der Waals surface area contributed by atoms with Crippen LogP contribution in [0.2, 0.25) is 0 Å². The Bertz CT molecular complexity index is 598. The fraction of sp³-hybridized carbons (Fsp3) is 0.235. The molecule has 0 radical (unpaired) electrons. The number of nitriles is 1. The average molecular weight is 235 g/mol. The Balaban J connectivity index is 2.48. The van der Waals surface area contributed by atoms with E-state index in [9.17, 15) is 0 Å². The summed E-state index contributed by atoms with van der Waals surface area (Å²) in [6.45, 7) is 6.35. The Kier molecular flexibility index (Phi) is 3.48. The molecule has 2 aromatic carbocycles. The lowest BCUT2D eigenvalue weighted by atomic mass is 9.95. The molecular formula is C17H17N. The highest BCUT2D eigenvalue weighted by Gasteiger charge is 2.04. The zero-order valence-electron chi connectivity index (χ0n) is 11.1. The highest BCUT2D eigenvalue weighted by molar-refractivity contribution is 5.69. The van der Waals surface area contributed by atoms with Crippen LogP contribution in [0.15, 0.2) is 36.4 Å². The summed E-state index contributed by atoms with van der Waals surface area (Å²) in [5, 5.41) is 8.72. The van der Waals surface area contributed by atoms with Gasteiger partial charge in [0.2, 0.25) is 0 Å². The van der Waals surface area contributed by atoms with Crippen molar-refractivity contribution in [1.82, 2.24) is 0 Å². The summed E-state index contributed by atoms with van der Waals surface area (Å²) < 4.78 is 0. The highest BCUT2D eigenvalue weighted by atomic mass is 14.2. The molecule has 0 heterocycles. The second-order valence-corrected chi connectivity index (χ2v) is 4.86. The van der Waals surface area contributed by atoms with E-state index in [0.29, 0.717) is 6.42 Å². The fourth-order valence-corrected chi connectivity index (χ4v) is 2.38. The minimum atomic E-state index is 0.480. The van der Waals surface area contributed by atoms with Crippen LogP contribution in [0.4, 0.5) is 0 Å². The lowest BCUT2D eigenvalue weighted by Gasteiger charge is -2.09. The van der Waals surface area contributed by atoms with Gasteiger partial charge in [-0.15, -0.1) is 0 Å². The molecule has 0 saturated carbocycles. The van der Waals surface area contributed by atoms with Crippen molar-refractivity contribution < 1.29 is 0 Å². The predicted octanol–water partition coefficient (Wildman–Crippen LogP) is 4.34. The molecule has 18 heavy (non-hydrogen) atoms. The zero-order valence-corrected chi connectivity index (χ0v) is 11.1. The molecule has 2 rings (SSSR count). The van der Waals surface area contributed by atoms with Crippen LogP contribution in [0.5, 0.6) is 0 Å². The van der Waals surface area contributed by atoms with Crippen LogP contribution < -0.4 is 0 Å². The molecule has 0 aliphatic carbocycles. The van der Waals surface area contributed by atoms with Crippen LogP contribution in [0, 0.1) is 32.1 Å². The summed E-state index contributed by atoms with van der Waals surface area (Å²) in [4.78, 5) is 0. The molecule has 0 bridgehead atoms. The normalized spacial score (nSPS) is 10.1. The van der Waals surface area contributed by atoms with E-state index in [1.165, 1.54) is 27.8 Å². The van der Waals surface area contributed by atoms with E-state index in [4.69, 9.17) is 5.26 Å². The molecular weight excluding hydrogens is 218 g/mol. The zero-order chi connectivity index (χ0) is 13.1. The molecule has 90 valence electrons. The van der Waals surface area contributed by atoms with E-state index in [1.54, 1.807) is 0 Å². The van der Waals surface area contributed by atoms with Gasteiger partial charge in [-0.25, -0.2) is 0 Å². The smallest absolute Gasteiger partial charge is 0.0669 e. The molecule has 0 spiro atoms. The number of hydrogen-bond donors (Lipinski definition) is 0. The van der Waals surface area contributed by atoms with Gasteiger partial charge in [-0.3, -0.25) is 0 Å². The SMILES string of the molecule is Cc1cc(C)cc(-c2ccc(CC#N)cc2C)c1. The quantitative estimate of drug-likeness (QED) is 0.759. The highest BCUT2D eigenvalue weighted by Crippen LogP contribution is 2.26. The Hall–Kier alpha value is -2.07. The first-order chi connectivity index (χ1) is 8.60. The van der Waals surface area contributed by atoms with E-state index in [0.717, 1.165) is 5.56 Å². The summed E-state index contributed by atoms with van der Waals surface area (Å²) >= 11 is 0. The van der Waals surface area contributed by atoms with Gasteiger partial charge in [-0.1, -0.05) is 47.5 Å². The van der Waals surface area contributed by atoms with E-state index < -0.39 is 0 Å². The van der Waals surface area contributed by atoms with E-state index in [1.807, 2.05) is 6.07 Å². The van der Waals surface area contributed by atoms with Crippen molar-refractivity contribution in [1.29, 1.82) is 5.26 Å². The second kappa shape index (κ2) is 5.06. The Morgan fingerprint density at radius 3 is 2.17 bits per heavy atom. The Labute approximate surface area is 109 Å². The largest absolute Gasteiger partial charge is 0.198 e. The summed E-state index contributed by atoms with van der Waals surface area (Å²) in [5.74, 6) is 0. The molecule has 0 atom stereocenters. The van der Waals surface area contributed by atoms with Gasteiger partial charge >= 0.3 is 0 Å². The molecule has 0 unspecified atom stereocenters. The average Bonchev–Trinajstić information content (AvgIpc) is 2.28. The molecule has 1 heteroatoms. The minimum Gasteiger partial charge on any atom is -0.198 e. The van der Waals surface area contributed by atoms with Crippen LogP contribution in [0.25, 0.3) is 11.1 Å². The van der Waals surface area contributed by atoms with Crippen LogP contribution in [0.1, 0.15) is 22.3 Å². The van der Waals surface area contributed by atoms with Crippen molar-refractivity contribution in [2.75, 3.05) is 0 Å². The fourth-order valence-electron chi connectivity index (χ4n) is 2.38. The second-order valence-electron chi connectivity index (χ2n) is 4.86. The first kappa shape index (κ1) is 12.4. The molecule has 0 aliphatic heterocycles. The van der Waals surface area contributed by atoms with Gasteiger partial charge in [0, 0.05) is 0 Å². The molecule has 0 aliphatic rings. The lowest BCUT2D eigenvalue weighted by Crippen LogP contribution is -1.89. The van der Waals surface area contributed by atoms with E-state index in [2.05, 4.69) is 57.2 Å². The third kappa shape index (κ3) is 2.60. The van der Waals surface area contributed by atoms with Crippen LogP contribution >= 0.6 is 0 Å². The summed E-state index contributed by atoms with van der Waals surface area (Å²) in [6.07, 6.45) is 0.480. The molecule has 0 N–H and O–H groups in total. The molecule has 0 amide bonds. The van der Waals surface area contributed by atoms with Gasteiger partial charge in [0.1, 0.15) is 0 Å². The molecule has 2 aromatic rings. The summed E-state index contributed by atoms with van der Waals surface area (Å²) in [5.41, 5.74) is 7.39. The predicted molar refractivity (Wildman–Crippen MR) is 75.4 cm³/mol. The van der Waals surface area contributed by atoms with Gasteiger partial charge < -0.3 is 0 Å². The Morgan fingerprint density at radius 1 is 0.944 bits per heavy atom. The van der Waals surface area contributed by atoms with Crippen molar-refractivity contribution in [3.63, 3.8) is 0 Å². The van der Waals surface area contributed by atoms with Crippen molar-refractivity contribution in [3.05, 3.63) is 58.7 Å². The third-order valence-corrected chi connectivity index (χ3v) is 3.11. The topological polar surface area (TPSA) is 23.8 Å². The van der Waals surface area contributed by atoms with Crippen molar-refractivity contribution in [2.45, 2.75) is 27.2 Å². The maximum Gasteiger partial charge on any atom is 0.0669 e. The number of aryl methyl sites for hydroxylation is 3. The Morgan fingerprint density at radius 2 is 1.61 bits per heavy atom. The van der Waals surface area contributed by atoms with Crippen molar-refractivity contribution in [2.24, 2.45) is 0 Å². The first-order valence-electron chi connectivity index (χ1n) is 6.15. The third-order valence-electron chi connectivity index (χ3n) is 3.11. The van der Waals surface area contributed by atoms with Gasteiger partial charge in [0.25, 0.3) is 0 Å². The lowest BCUT2D eigenvalue weighted by molar-refractivity contribution is 1.24. The molecule has 1 nitrogen and oxygen atoms in total. The monoisotopic (exact) mass is 235 g/mol. The standard InChI is InChI=1S/C17H17N/c1-12-8-13(2)10-16(9-12)17-5-4-15(6-7-18)11-14(17)3/h4-5,8-11H,6H2,1-3H3. The van der Waals surface area contributed by atoms with Gasteiger partial charge in [-0.2, -0.15) is 5.26 Å². The molecule has 0 saturated heterocycles. The number of hydrogen-bond acceptors (Lipinski definition) is 1. The van der Waals surface area contributed by atoms with Gasteiger partial charge in [-0.05, 0) is 43.0 Å². The van der Waals surface area contributed by atoms with Crippen molar-refractivity contribution in [3.8, 4) is 17.2 Å². The minimum absolute atomic E-state index is 0.480. The molecule has 0 aromatic heterocycles. The van der Waals surface area contributed by atoms with Gasteiger partial charge in [0.15, 0.2) is 0 Å². The van der Waals surface area contributed by atoms with E-state index in [-0.39, 0.29) is 0 Å². The number of rotatable bonds is 2. The first-order valence-corrected chi connectivity index (χ1v) is 6.15. The maximum absolute atomic E-state index is 8.72. The summed E-state index contributed by atoms with van der Waals surface area (Å²) in [7, 11) is 0. The van der Waals surface area contributed by atoms with Crippen LogP contribution in [-0.2, 0) is 6.42 Å². The van der Waals surface area contributed by atoms with E-state index >= 15 is 0 Å². The van der Waals surface area contributed by atoms with Gasteiger partial charge in [0.05, 0.1) is 12.5 Å². The number of benzene rings is 2. The van der Waals surface area contributed by atoms with Crippen LogP contribution in [0.3, 0.4) is 0 Å². The summed E-state index contributed by atoms with van der Waals surface area (Å²) in [6, 6.07) is 15.1. The van der Waals surface area contributed by atoms with Crippen molar-refractivity contribution >= 4 is 0 Å².